The molecule has 0 amide bonds. The molecular formula is C37H36Cl2Zr. The van der Waals surface area contributed by atoms with Crippen LogP contribution in [0.5, 0.6) is 0 Å². The second kappa shape index (κ2) is 10.3. The molecule has 0 spiro atoms. The first kappa shape index (κ1) is 29.4. The summed E-state index contributed by atoms with van der Waals surface area (Å²) in [6, 6.07) is 19.6. The van der Waals surface area contributed by atoms with E-state index in [4.69, 9.17) is 0 Å². The fourth-order valence-corrected chi connectivity index (χ4v) is 15.7. The third kappa shape index (κ3) is 4.49. The van der Waals surface area contributed by atoms with E-state index in [9.17, 15) is 0 Å². The number of aryl methyl sites for hydroxylation is 1. The van der Waals surface area contributed by atoms with Gasteiger partial charge in [0.15, 0.2) is 0 Å². The first-order chi connectivity index (χ1) is 18.1. The molecule has 0 fully saturated rings. The zero-order chi connectivity index (χ0) is 26.4. The van der Waals surface area contributed by atoms with Crippen LogP contribution in [0, 0.1) is 6.92 Å². The van der Waals surface area contributed by atoms with Crippen LogP contribution in [-0.2, 0) is 32.1 Å². The summed E-state index contributed by atoms with van der Waals surface area (Å²) >= 11 is -2.42. The number of allylic oxidation sites excluding steroid dienone is 6. The molecule has 0 radical (unpaired) electrons. The summed E-state index contributed by atoms with van der Waals surface area (Å²) in [5.74, 6) is 0. The smallest absolute Gasteiger partial charge is 1.00 e. The number of halogens is 2. The van der Waals surface area contributed by atoms with Gasteiger partial charge in [-0.1, -0.05) is 0 Å². The van der Waals surface area contributed by atoms with Crippen LogP contribution >= 0.6 is 0 Å². The van der Waals surface area contributed by atoms with E-state index in [1.54, 1.807) is 17.6 Å². The fraction of sp³-hybridized carbons (Fsp3) is 0.270. The Bertz CT molecular complexity index is 1610. The molecule has 202 valence electrons. The molecule has 7 rings (SSSR count). The van der Waals surface area contributed by atoms with Gasteiger partial charge in [-0.25, -0.2) is 0 Å². The fourth-order valence-electron chi connectivity index (χ4n) is 7.11. The van der Waals surface area contributed by atoms with E-state index < -0.39 is 21.3 Å². The van der Waals surface area contributed by atoms with Crippen molar-refractivity contribution < 1.29 is 46.1 Å². The van der Waals surface area contributed by atoms with Crippen molar-refractivity contribution in [2.24, 2.45) is 0 Å². The van der Waals surface area contributed by atoms with Gasteiger partial charge < -0.3 is 24.8 Å². The van der Waals surface area contributed by atoms with Crippen molar-refractivity contribution in [1.82, 2.24) is 0 Å². The Kier molecular flexibility index (Phi) is 7.61. The zero-order valence-corrected chi connectivity index (χ0v) is 28.2. The van der Waals surface area contributed by atoms with Gasteiger partial charge in [-0.3, -0.25) is 0 Å². The number of benzene rings is 3. The largest absolute Gasteiger partial charge is 1.00 e. The van der Waals surface area contributed by atoms with Crippen molar-refractivity contribution in [3.8, 4) is 11.1 Å². The molecule has 0 saturated heterocycles. The molecule has 0 atom stereocenters. The summed E-state index contributed by atoms with van der Waals surface area (Å²) in [6.45, 7) is 14.1. The number of rotatable bonds is 3. The third-order valence-corrected chi connectivity index (χ3v) is 17.7. The minimum Gasteiger partial charge on any atom is -1.00 e. The van der Waals surface area contributed by atoms with Crippen LogP contribution < -0.4 is 24.8 Å². The van der Waals surface area contributed by atoms with Crippen molar-refractivity contribution in [3.05, 3.63) is 127 Å². The van der Waals surface area contributed by atoms with Crippen LogP contribution in [0.25, 0.3) is 23.3 Å². The van der Waals surface area contributed by atoms with E-state index in [2.05, 4.69) is 133 Å². The number of hydrogen-bond donors (Lipinski definition) is 0. The second-order valence-corrected chi connectivity index (χ2v) is 19.7. The average Bonchev–Trinajstić information content (AvgIpc) is 3.65. The predicted molar refractivity (Wildman–Crippen MR) is 161 cm³/mol. The Labute approximate surface area is 260 Å². The normalized spacial score (nSPS) is 18.4. The molecule has 0 aliphatic heterocycles. The minimum absolute atomic E-state index is 0. The molecule has 0 N–H and O–H groups in total. The van der Waals surface area contributed by atoms with Crippen LogP contribution in [0.2, 0.25) is 0 Å². The van der Waals surface area contributed by atoms with Crippen LogP contribution in [0.15, 0.2) is 82.2 Å². The number of hydrogen-bond acceptors (Lipinski definition) is 0. The Balaban J connectivity index is 0.00000161. The van der Waals surface area contributed by atoms with Gasteiger partial charge >= 0.3 is 237 Å². The average molecular weight is 643 g/mol. The topological polar surface area (TPSA) is 0 Å². The maximum atomic E-state index is 2.62. The van der Waals surface area contributed by atoms with E-state index in [1.807, 2.05) is 0 Å². The first-order valence-corrected chi connectivity index (χ1v) is 17.9. The van der Waals surface area contributed by atoms with Crippen molar-refractivity contribution >= 4 is 15.4 Å². The number of fused-ring (bicyclic) bond motifs is 5. The maximum Gasteiger partial charge on any atom is -1.00 e. The summed E-state index contributed by atoms with van der Waals surface area (Å²) in [5.41, 5.74) is 14.9. The summed E-state index contributed by atoms with van der Waals surface area (Å²) < 4.78 is 3.89. The van der Waals surface area contributed by atoms with Gasteiger partial charge in [0.05, 0.1) is 0 Å². The molecule has 3 aromatic rings. The molecule has 4 aliphatic rings. The van der Waals surface area contributed by atoms with E-state index in [0.29, 0.717) is 3.63 Å². The standard InChI is InChI=1S/C23H21.C9H10.C5H5.2ClH.Zr/c1-22(2)7-5-14-10-18-16(12-20(14)22)9-17-13-21-15(11-19(17)18)6-8-23(21,3)4;1-3-9-6-4-8(2)5-7-9;1-2-4-5-3-1;;;/h5-13H,1-4H3;4-7H,1-2H3;1-3H,4H2;2*1H;/q;;;;;+2/p-2. The Morgan fingerprint density at radius 1 is 0.775 bits per heavy atom. The van der Waals surface area contributed by atoms with Crippen LogP contribution in [-0.4, -0.2) is 3.21 Å². The van der Waals surface area contributed by atoms with Crippen molar-refractivity contribution in [2.45, 2.75) is 62.4 Å². The molecular weight excluding hydrogens is 607 g/mol. The van der Waals surface area contributed by atoms with Gasteiger partial charge in [-0.05, 0) is 0 Å². The van der Waals surface area contributed by atoms with Gasteiger partial charge in [0.1, 0.15) is 0 Å². The van der Waals surface area contributed by atoms with Gasteiger partial charge in [0.25, 0.3) is 0 Å². The molecule has 0 unspecified atom stereocenters. The van der Waals surface area contributed by atoms with Gasteiger partial charge in [0.2, 0.25) is 0 Å². The van der Waals surface area contributed by atoms with Crippen LogP contribution in [0.3, 0.4) is 0 Å². The molecule has 3 aromatic carbocycles. The van der Waals surface area contributed by atoms with E-state index in [1.165, 1.54) is 44.5 Å². The van der Waals surface area contributed by atoms with Crippen LogP contribution in [0.1, 0.15) is 89.2 Å². The zero-order valence-electron chi connectivity index (χ0n) is 24.2. The van der Waals surface area contributed by atoms with E-state index in [0.717, 1.165) is 6.42 Å². The molecule has 0 saturated carbocycles. The van der Waals surface area contributed by atoms with Crippen molar-refractivity contribution in [1.29, 1.82) is 0 Å². The second-order valence-electron chi connectivity index (χ2n) is 12.8. The molecule has 0 heterocycles. The Morgan fingerprint density at radius 3 is 1.77 bits per heavy atom. The molecule has 40 heavy (non-hydrogen) atoms. The monoisotopic (exact) mass is 640 g/mol. The molecule has 0 aromatic heterocycles. The minimum atomic E-state index is -2.42. The van der Waals surface area contributed by atoms with E-state index >= 15 is 0 Å². The summed E-state index contributed by atoms with van der Waals surface area (Å²) in [5, 5.41) is 0. The molecule has 3 heteroatoms. The maximum absolute atomic E-state index is 2.62. The molecule has 4 aliphatic carbocycles. The van der Waals surface area contributed by atoms with E-state index in [-0.39, 0.29) is 35.6 Å². The summed E-state index contributed by atoms with van der Waals surface area (Å²) in [6.07, 6.45) is 17.8. The quantitative estimate of drug-likeness (QED) is 0.411. The van der Waals surface area contributed by atoms with Crippen LogP contribution in [0.4, 0.5) is 0 Å². The predicted octanol–water partition coefficient (Wildman–Crippen LogP) is 3.38. The molecule has 0 nitrogen and oxygen atoms in total. The molecule has 0 bridgehead atoms. The summed E-state index contributed by atoms with van der Waals surface area (Å²) in [4.78, 5) is 0. The van der Waals surface area contributed by atoms with Crippen molar-refractivity contribution in [2.75, 3.05) is 0 Å². The third-order valence-electron chi connectivity index (χ3n) is 9.40. The van der Waals surface area contributed by atoms with Gasteiger partial charge in [0, 0.05) is 0 Å². The van der Waals surface area contributed by atoms with Crippen molar-refractivity contribution in [3.63, 3.8) is 0 Å². The van der Waals surface area contributed by atoms with Gasteiger partial charge in [-0.15, -0.1) is 0 Å². The Morgan fingerprint density at radius 2 is 1.30 bits per heavy atom. The Hall–Kier alpha value is -2.05. The first-order valence-electron chi connectivity index (χ1n) is 14.0. The SMILES string of the molecule is C/[C](c1ccc(C)cc1)=[Zr+2](/[C]1=CC=CC1)[CH]1c2cc3c(cc2-c2cc4c(cc21)C(C)(C)C=C4)C=CC3(C)C.[Cl-].[Cl-]. The van der Waals surface area contributed by atoms with Gasteiger partial charge in [-0.2, -0.15) is 0 Å². The summed E-state index contributed by atoms with van der Waals surface area (Å²) in [7, 11) is 0.